The molecule has 1 unspecified atom stereocenters. The van der Waals surface area contributed by atoms with Crippen molar-refractivity contribution in [1.82, 2.24) is 24.2 Å². The molecule has 0 radical (unpaired) electrons. The number of rotatable bonds is 5. The van der Waals surface area contributed by atoms with E-state index in [9.17, 15) is 14.7 Å². The first-order chi connectivity index (χ1) is 11.5. The van der Waals surface area contributed by atoms with Gasteiger partial charge in [-0.25, -0.2) is 4.98 Å². The third-order valence-electron chi connectivity index (χ3n) is 4.56. The van der Waals surface area contributed by atoms with Crippen molar-refractivity contribution in [1.29, 1.82) is 0 Å². The summed E-state index contributed by atoms with van der Waals surface area (Å²) in [5.41, 5.74) is 0. The van der Waals surface area contributed by atoms with Crippen LogP contribution in [0.5, 0.6) is 0 Å². The predicted octanol–water partition coefficient (Wildman–Crippen LogP) is 1.07. The zero-order valence-electron chi connectivity index (χ0n) is 13.7. The van der Waals surface area contributed by atoms with E-state index in [2.05, 4.69) is 10.1 Å². The molecular weight excluding hydrogens is 310 g/mol. The number of carboxylic acids is 1. The van der Waals surface area contributed by atoms with E-state index in [0.29, 0.717) is 18.8 Å². The molecule has 0 saturated carbocycles. The molecule has 2 aromatic rings. The van der Waals surface area contributed by atoms with Crippen LogP contribution in [0.2, 0.25) is 0 Å². The second-order valence-corrected chi connectivity index (χ2v) is 6.20. The number of aromatic nitrogens is 4. The highest BCUT2D eigenvalue weighted by molar-refractivity contribution is 5.81. The Balaban J connectivity index is 1.96. The molecule has 0 bridgehead atoms. The number of aryl methyl sites for hydroxylation is 1. The monoisotopic (exact) mass is 331 g/mol. The summed E-state index contributed by atoms with van der Waals surface area (Å²) in [6.07, 6.45) is 7.47. The van der Waals surface area contributed by atoms with Crippen LogP contribution < -0.4 is 0 Å². The maximum absolute atomic E-state index is 12.6. The van der Waals surface area contributed by atoms with Gasteiger partial charge in [0.05, 0.1) is 12.5 Å². The molecular formula is C16H21N5O3. The van der Waals surface area contributed by atoms with Crippen molar-refractivity contribution < 1.29 is 14.7 Å². The largest absolute Gasteiger partial charge is 0.481 e. The fourth-order valence-electron chi connectivity index (χ4n) is 3.43. The van der Waals surface area contributed by atoms with Crippen LogP contribution in [-0.4, -0.2) is 47.3 Å². The summed E-state index contributed by atoms with van der Waals surface area (Å²) in [6.45, 7) is 2.42. The van der Waals surface area contributed by atoms with Gasteiger partial charge < -0.3 is 14.6 Å². The molecule has 3 heterocycles. The molecule has 0 spiro atoms. The minimum Gasteiger partial charge on any atom is -0.481 e. The van der Waals surface area contributed by atoms with Crippen LogP contribution in [-0.2, 0) is 23.2 Å². The smallest absolute Gasteiger partial charge is 0.309 e. The normalized spacial score (nSPS) is 22.6. The fraction of sp³-hybridized carbons (Fsp3) is 0.500. The number of hydrogen-bond acceptors (Lipinski definition) is 4. The van der Waals surface area contributed by atoms with E-state index in [0.717, 1.165) is 0 Å². The number of piperidine rings is 1. The maximum Gasteiger partial charge on any atom is 0.309 e. The van der Waals surface area contributed by atoms with E-state index in [4.69, 9.17) is 0 Å². The van der Waals surface area contributed by atoms with Gasteiger partial charge in [-0.05, 0) is 19.4 Å². The zero-order valence-corrected chi connectivity index (χ0v) is 13.7. The van der Waals surface area contributed by atoms with Crippen LogP contribution in [0.15, 0.2) is 30.9 Å². The molecule has 8 heteroatoms. The molecule has 0 aromatic carbocycles. The topological polar surface area (TPSA) is 93.2 Å². The highest BCUT2D eigenvalue weighted by Crippen LogP contribution is 2.37. The number of amides is 1. The van der Waals surface area contributed by atoms with E-state index in [1.54, 1.807) is 32.7 Å². The number of hydrogen-bond donors (Lipinski definition) is 1. The Labute approximate surface area is 139 Å². The second-order valence-electron chi connectivity index (χ2n) is 6.20. The van der Waals surface area contributed by atoms with Crippen LogP contribution in [0.1, 0.15) is 31.6 Å². The van der Waals surface area contributed by atoms with E-state index >= 15 is 0 Å². The molecule has 0 aliphatic carbocycles. The summed E-state index contributed by atoms with van der Waals surface area (Å²) in [5, 5.41) is 13.8. The van der Waals surface area contributed by atoms with Crippen molar-refractivity contribution in [2.45, 2.75) is 38.4 Å². The Kier molecular flexibility index (Phi) is 4.37. The van der Waals surface area contributed by atoms with Gasteiger partial charge in [0.2, 0.25) is 5.91 Å². The van der Waals surface area contributed by atoms with Crippen molar-refractivity contribution >= 4 is 11.9 Å². The molecule has 1 amide bonds. The van der Waals surface area contributed by atoms with Gasteiger partial charge in [-0.3, -0.25) is 14.3 Å². The molecule has 3 atom stereocenters. The van der Waals surface area contributed by atoms with Crippen molar-refractivity contribution in [2.24, 2.45) is 13.0 Å². The minimum absolute atomic E-state index is 0.0415. The number of aliphatic carboxylic acids is 1. The Morgan fingerprint density at radius 2 is 2.21 bits per heavy atom. The Bertz CT molecular complexity index is 724. The van der Waals surface area contributed by atoms with Gasteiger partial charge in [-0.2, -0.15) is 5.10 Å². The number of likely N-dealkylation sites (tertiary alicyclic amines) is 1. The number of carbonyl (C=O) groups is 2. The quantitative estimate of drug-likeness (QED) is 0.884. The average Bonchev–Trinajstić information content (AvgIpc) is 3.17. The summed E-state index contributed by atoms with van der Waals surface area (Å²) < 4.78 is 3.53. The van der Waals surface area contributed by atoms with E-state index in [-0.39, 0.29) is 18.4 Å². The highest BCUT2D eigenvalue weighted by Gasteiger charge is 2.44. The number of nitrogens with zero attached hydrogens (tertiary/aromatic N) is 5. The number of carboxylic acid groups (broad SMARTS) is 1. The number of imidazole rings is 1. The zero-order chi connectivity index (χ0) is 17.3. The molecule has 128 valence electrons. The van der Waals surface area contributed by atoms with Crippen LogP contribution in [0.4, 0.5) is 0 Å². The highest BCUT2D eigenvalue weighted by atomic mass is 16.4. The third kappa shape index (κ3) is 2.91. The molecule has 24 heavy (non-hydrogen) atoms. The Morgan fingerprint density at radius 1 is 1.42 bits per heavy atom. The lowest BCUT2D eigenvalue weighted by atomic mass is 9.87. The molecule has 1 aliphatic heterocycles. The van der Waals surface area contributed by atoms with Crippen molar-refractivity contribution in [2.75, 3.05) is 0 Å². The van der Waals surface area contributed by atoms with Crippen molar-refractivity contribution in [3.8, 4) is 0 Å². The van der Waals surface area contributed by atoms with Gasteiger partial charge >= 0.3 is 5.97 Å². The Morgan fingerprint density at radius 3 is 2.79 bits per heavy atom. The standard InChI is InChI=1S/C16H21N5O3/c1-11(10-20-8-3-6-18-20)21-13(22)5-4-12(16(23)24)14(21)15-17-7-9-19(15)2/h3,6-9,11-12,14H,4-5,10H2,1-2H3,(H,23,24)/t11?,12-,14-/m0/s1. The molecule has 1 fully saturated rings. The maximum atomic E-state index is 12.6. The summed E-state index contributed by atoms with van der Waals surface area (Å²) in [4.78, 5) is 30.4. The van der Waals surface area contributed by atoms with Crippen molar-refractivity contribution in [3.63, 3.8) is 0 Å². The van der Waals surface area contributed by atoms with Crippen molar-refractivity contribution in [3.05, 3.63) is 36.7 Å². The van der Waals surface area contributed by atoms with Crippen LogP contribution >= 0.6 is 0 Å². The lowest BCUT2D eigenvalue weighted by molar-refractivity contribution is -0.154. The lowest BCUT2D eigenvalue weighted by Gasteiger charge is -2.42. The molecule has 1 N–H and O–H groups in total. The average molecular weight is 331 g/mol. The first-order valence-electron chi connectivity index (χ1n) is 7.97. The summed E-state index contributed by atoms with van der Waals surface area (Å²) in [5.74, 6) is -1.00. The summed E-state index contributed by atoms with van der Waals surface area (Å²) >= 11 is 0. The predicted molar refractivity (Wildman–Crippen MR) is 84.8 cm³/mol. The molecule has 1 aliphatic rings. The van der Waals surface area contributed by atoms with Gasteiger partial charge in [0.1, 0.15) is 11.9 Å². The van der Waals surface area contributed by atoms with Crippen LogP contribution in [0.3, 0.4) is 0 Å². The van der Waals surface area contributed by atoms with Crippen LogP contribution in [0.25, 0.3) is 0 Å². The van der Waals surface area contributed by atoms with Crippen LogP contribution in [0, 0.1) is 5.92 Å². The first-order valence-corrected chi connectivity index (χ1v) is 7.97. The van der Waals surface area contributed by atoms with E-state index < -0.39 is 17.9 Å². The molecule has 1 saturated heterocycles. The third-order valence-corrected chi connectivity index (χ3v) is 4.56. The number of carbonyl (C=O) groups excluding carboxylic acids is 1. The first kappa shape index (κ1) is 16.2. The van der Waals surface area contributed by atoms with E-state index in [1.165, 1.54) is 0 Å². The van der Waals surface area contributed by atoms with Gasteiger partial charge in [0.25, 0.3) is 0 Å². The fourth-order valence-corrected chi connectivity index (χ4v) is 3.43. The SMILES string of the molecule is CC(Cn1cccn1)N1C(=O)CC[C@H](C(=O)O)[C@H]1c1nccn1C. The van der Waals surface area contributed by atoms with Gasteiger partial charge in [-0.15, -0.1) is 0 Å². The molecule has 2 aromatic heterocycles. The molecule has 3 rings (SSSR count). The Hall–Kier alpha value is -2.64. The second kappa shape index (κ2) is 6.46. The van der Waals surface area contributed by atoms with Gasteiger partial charge in [0, 0.05) is 44.3 Å². The minimum atomic E-state index is -0.896. The molecule has 8 nitrogen and oxygen atoms in total. The van der Waals surface area contributed by atoms with Gasteiger partial charge in [0.15, 0.2) is 0 Å². The van der Waals surface area contributed by atoms with E-state index in [1.807, 2.05) is 26.2 Å². The van der Waals surface area contributed by atoms with Gasteiger partial charge in [-0.1, -0.05) is 0 Å². The lowest BCUT2D eigenvalue weighted by Crippen LogP contribution is -2.51. The summed E-state index contributed by atoms with van der Waals surface area (Å²) in [7, 11) is 1.82. The summed E-state index contributed by atoms with van der Waals surface area (Å²) in [6, 6.07) is 1.05.